The molecule has 1 saturated heterocycles. The molecule has 1 aliphatic rings. The minimum Gasteiger partial charge on any atom is -0.598 e. The van der Waals surface area contributed by atoms with Gasteiger partial charge in [0.25, 0.3) is 0 Å². The van der Waals surface area contributed by atoms with Crippen LogP contribution in [0.1, 0.15) is 45.2 Å². The van der Waals surface area contributed by atoms with E-state index in [1.807, 2.05) is 20.8 Å². The highest BCUT2D eigenvalue weighted by Crippen LogP contribution is 2.41. The molecule has 1 fully saturated rings. The van der Waals surface area contributed by atoms with Crippen molar-refractivity contribution in [3.05, 3.63) is 40.4 Å². The molecular weight excluding hydrogens is 507 g/mol. The molecule has 2 rings (SSSR count). The average Bonchev–Trinajstić information content (AvgIpc) is 2.76. The Morgan fingerprint density at radius 2 is 1.91 bits per heavy atom. The highest BCUT2D eigenvalue weighted by atomic mass is 35.5. The third-order valence-corrected chi connectivity index (χ3v) is 9.58. The van der Waals surface area contributed by atoms with E-state index in [0.29, 0.717) is 41.7 Å². The van der Waals surface area contributed by atoms with Crippen LogP contribution in [0.3, 0.4) is 0 Å². The molecule has 0 bridgehead atoms. The Balaban J connectivity index is 2.35. The lowest BCUT2D eigenvalue weighted by atomic mass is 9.86. The summed E-state index contributed by atoms with van der Waals surface area (Å²) >= 11 is 11.2. The lowest BCUT2D eigenvalue weighted by Crippen LogP contribution is -2.47. The summed E-state index contributed by atoms with van der Waals surface area (Å²) in [4.78, 5) is 0. The molecule has 1 heterocycles. The van der Waals surface area contributed by atoms with Crippen LogP contribution < -0.4 is 9.46 Å². The van der Waals surface area contributed by atoms with E-state index in [1.54, 1.807) is 18.2 Å². The van der Waals surface area contributed by atoms with Gasteiger partial charge in [-0.2, -0.15) is 0 Å². The Labute approximate surface area is 211 Å². The number of halogens is 2. The van der Waals surface area contributed by atoms with Crippen LogP contribution in [0, 0.1) is 5.92 Å². The van der Waals surface area contributed by atoms with E-state index in [9.17, 15) is 13.0 Å². The molecule has 0 amide bonds. The number of nitrogens with zero attached hydrogens (tertiary/aromatic N) is 1. The number of sulfonamides is 1. The Hall–Kier alpha value is -0.520. The molecule has 1 aromatic carbocycles. The third kappa shape index (κ3) is 8.00. The average molecular weight is 542 g/mol. The van der Waals surface area contributed by atoms with Gasteiger partial charge in [0.2, 0.25) is 10.0 Å². The molecule has 0 aliphatic carbocycles. The molecule has 188 valence electrons. The van der Waals surface area contributed by atoms with Crippen LogP contribution in [0.2, 0.25) is 10.0 Å². The highest BCUT2D eigenvalue weighted by Gasteiger charge is 2.38. The molecule has 0 radical (unpaired) electrons. The van der Waals surface area contributed by atoms with E-state index in [4.69, 9.17) is 32.7 Å². The molecule has 1 aliphatic heterocycles. The fourth-order valence-corrected chi connectivity index (χ4v) is 6.20. The van der Waals surface area contributed by atoms with Gasteiger partial charge in [-0.05, 0) is 45.6 Å². The zero-order valence-electron chi connectivity index (χ0n) is 19.6. The summed E-state index contributed by atoms with van der Waals surface area (Å²) in [6.45, 7) is 10.6. The van der Waals surface area contributed by atoms with Crippen molar-refractivity contribution in [1.29, 1.82) is 0 Å². The monoisotopic (exact) mass is 540 g/mol. The highest BCUT2D eigenvalue weighted by molar-refractivity contribution is 7.90. The molecule has 33 heavy (non-hydrogen) atoms. The Morgan fingerprint density at radius 1 is 1.30 bits per heavy atom. The van der Waals surface area contributed by atoms with E-state index in [2.05, 4.69) is 11.3 Å². The van der Waals surface area contributed by atoms with Crippen molar-refractivity contribution < 1.29 is 22.4 Å². The van der Waals surface area contributed by atoms with Crippen LogP contribution >= 0.6 is 23.2 Å². The van der Waals surface area contributed by atoms with Crippen LogP contribution in [-0.2, 0) is 26.1 Å². The van der Waals surface area contributed by atoms with Crippen molar-refractivity contribution in [2.24, 2.45) is 5.92 Å². The molecule has 0 spiro atoms. The van der Waals surface area contributed by atoms with E-state index in [1.165, 1.54) is 11.4 Å². The largest absolute Gasteiger partial charge is 0.598 e. The summed E-state index contributed by atoms with van der Waals surface area (Å²) in [7, 11) is -1.90. The van der Waals surface area contributed by atoms with E-state index in [0.717, 1.165) is 5.56 Å². The summed E-state index contributed by atoms with van der Waals surface area (Å²) in [5, 5.41) is 0.722. The second-order valence-corrected chi connectivity index (χ2v) is 13.8. The number of hydrogen-bond donors (Lipinski definition) is 1. The predicted octanol–water partition coefficient (Wildman–Crippen LogP) is 4.34. The minimum atomic E-state index is -3.38. The van der Waals surface area contributed by atoms with Gasteiger partial charge in [-0.15, -0.1) is 4.72 Å². The number of hydrogen-bond acceptors (Lipinski definition) is 6. The third-order valence-electron chi connectivity index (χ3n) is 5.44. The van der Waals surface area contributed by atoms with Crippen molar-refractivity contribution in [1.82, 2.24) is 9.03 Å². The molecule has 1 unspecified atom stereocenters. The number of piperidine rings is 1. The van der Waals surface area contributed by atoms with Gasteiger partial charge in [0, 0.05) is 43.2 Å². The van der Waals surface area contributed by atoms with Gasteiger partial charge in [0.15, 0.2) is 0 Å². The first-order chi connectivity index (χ1) is 15.4. The number of ether oxygens (including phenoxy) is 2. The fraction of sp³-hybridized carbons (Fsp3) is 0.636. The molecule has 0 aromatic heterocycles. The van der Waals surface area contributed by atoms with E-state index in [-0.39, 0.29) is 30.9 Å². The van der Waals surface area contributed by atoms with Gasteiger partial charge >= 0.3 is 0 Å². The predicted molar refractivity (Wildman–Crippen MR) is 136 cm³/mol. The zero-order chi connectivity index (χ0) is 24.8. The maximum absolute atomic E-state index is 13.1. The second-order valence-electron chi connectivity index (χ2n) is 8.93. The minimum absolute atomic E-state index is 0.00787. The summed E-state index contributed by atoms with van der Waals surface area (Å²) in [6.07, 6.45) is 2.81. The van der Waals surface area contributed by atoms with Crippen LogP contribution in [0.15, 0.2) is 24.8 Å². The maximum Gasteiger partial charge on any atom is 0.216 e. The smallest absolute Gasteiger partial charge is 0.216 e. The van der Waals surface area contributed by atoms with Crippen molar-refractivity contribution >= 4 is 44.6 Å². The number of nitrogens with one attached hydrogen (secondary N) is 1. The fourth-order valence-electron chi connectivity index (χ4n) is 3.57. The SMILES string of the molecule is C=CCOc1cc(Cl)c(Cl)cc1C(N[S@@+]([O-])C(C)(C)C)C1CCN(S(=O)(=O)CCOC)CC1. The quantitative estimate of drug-likeness (QED) is 0.331. The van der Waals surface area contributed by atoms with Crippen molar-refractivity contribution in [3.63, 3.8) is 0 Å². The molecule has 7 nitrogen and oxygen atoms in total. The van der Waals surface area contributed by atoms with E-state index >= 15 is 0 Å². The van der Waals surface area contributed by atoms with Gasteiger partial charge in [0.1, 0.15) is 17.1 Å². The van der Waals surface area contributed by atoms with Gasteiger partial charge in [0.05, 0.1) is 28.4 Å². The second kappa shape index (κ2) is 12.4. The molecule has 1 N–H and O–H groups in total. The van der Waals surface area contributed by atoms with Crippen LogP contribution in [0.4, 0.5) is 0 Å². The topological polar surface area (TPSA) is 90.9 Å². The Bertz CT molecular complexity index is 901. The van der Waals surface area contributed by atoms with Crippen molar-refractivity contribution in [2.45, 2.75) is 44.4 Å². The molecule has 11 heteroatoms. The molecule has 2 atom stereocenters. The normalized spacial score (nSPS) is 18.2. The standard InChI is InChI=1S/C22H34Cl2N2O5S2/c1-6-11-31-20-15-19(24)18(23)14-17(20)21(25-32(27)22(2,3)4)16-7-9-26(10-8-16)33(28,29)13-12-30-5/h6,14-16,21,25H,1,7-13H2,2-5H3/t21?,32-/m0/s1. The van der Waals surface area contributed by atoms with Crippen LogP contribution in [0.25, 0.3) is 0 Å². The van der Waals surface area contributed by atoms with Gasteiger partial charge < -0.3 is 14.0 Å². The lowest BCUT2D eigenvalue weighted by Gasteiger charge is -2.37. The van der Waals surface area contributed by atoms with Gasteiger partial charge in [-0.1, -0.05) is 35.9 Å². The van der Waals surface area contributed by atoms with Crippen molar-refractivity contribution in [2.75, 3.05) is 39.2 Å². The number of benzene rings is 1. The molecule has 0 saturated carbocycles. The first kappa shape index (κ1) is 28.7. The molecular formula is C22H34Cl2N2O5S2. The lowest BCUT2D eigenvalue weighted by molar-refractivity contribution is 0.209. The van der Waals surface area contributed by atoms with Crippen molar-refractivity contribution in [3.8, 4) is 5.75 Å². The van der Waals surface area contributed by atoms with Gasteiger partial charge in [-0.25, -0.2) is 12.7 Å². The first-order valence-electron chi connectivity index (χ1n) is 10.8. The first-order valence-corrected chi connectivity index (χ1v) is 14.3. The van der Waals surface area contributed by atoms with Gasteiger partial charge in [-0.3, -0.25) is 0 Å². The zero-order valence-corrected chi connectivity index (χ0v) is 22.7. The Kier molecular flexibility index (Phi) is 10.8. The van der Waals surface area contributed by atoms with Crippen LogP contribution in [0.5, 0.6) is 5.75 Å². The summed E-state index contributed by atoms with van der Waals surface area (Å²) in [6, 6.07) is 3.02. The number of methoxy groups -OCH3 is 1. The van der Waals surface area contributed by atoms with E-state index < -0.39 is 26.1 Å². The molecule has 1 aromatic rings. The number of rotatable bonds is 11. The summed E-state index contributed by atoms with van der Waals surface area (Å²) in [5.41, 5.74) is 0.740. The maximum atomic E-state index is 13.1. The van der Waals surface area contributed by atoms with Crippen LogP contribution in [-0.4, -0.2) is 61.2 Å². The Morgan fingerprint density at radius 3 is 2.45 bits per heavy atom. The summed E-state index contributed by atoms with van der Waals surface area (Å²) < 4.78 is 53.3. The summed E-state index contributed by atoms with van der Waals surface area (Å²) in [5.74, 6) is 0.493.